The van der Waals surface area contributed by atoms with Gasteiger partial charge in [0.15, 0.2) is 5.78 Å². The van der Waals surface area contributed by atoms with Crippen molar-refractivity contribution in [1.29, 1.82) is 0 Å². The number of rotatable bonds is 6. The Labute approximate surface area is 187 Å². The molecule has 0 N–H and O–H groups in total. The van der Waals surface area contributed by atoms with E-state index in [1.807, 2.05) is 24.3 Å². The van der Waals surface area contributed by atoms with Crippen molar-refractivity contribution in [1.82, 2.24) is 0 Å². The van der Waals surface area contributed by atoms with E-state index in [-0.39, 0.29) is 41.3 Å². The lowest BCUT2D eigenvalue weighted by Gasteiger charge is -2.37. The summed E-state index contributed by atoms with van der Waals surface area (Å²) in [4.78, 5) is 40.3. The van der Waals surface area contributed by atoms with Gasteiger partial charge >= 0.3 is 0 Å². The number of carbonyl (C=O) groups excluding carboxylic acids is 3. The van der Waals surface area contributed by atoms with Crippen LogP contribution in [-0.2, 0) is 16.0 Å². The molecular weight excluding hydrogens is 402 g/mol. The molecule has 4 aliphatic carbocycles. The predicted molar refractivity (Wildman–Crippen MR) is 119 cm³/mol. The van der Waals surface area contributed by atoms with E-state index in [0.717, 1.165) is 11.3 Å². The number of ether oxygens (including phenoxy) is 1. The predicted octanol–water partition coefficient (Wildman–Crippen LogP) is 4.07. The molecule has 1 heterocycles. The largest absolute Gasteiger partial charge is 0.497 e. The van der Waals surface area contributed by atoms with Crippen molar-refractivity contribution in [2.75, 3.05) is 12.0 Å². The highest BCUT2D eigenvalue weighted by Crippen LogP contribution is 2.65. The van der Waals surface area contributed by atoms with Crippen molar-refractivity contribution in [3.05, 3.63) is 71.8 Å². The first kappa shape index (κ1) is 19.5. The molecule has 5 heteroatoms. The third kappa shape index (κ3) is 2.87. The maximum atomic E-state index is 13.2. The van der Waals surface area contributed by atoms with E-state index >= 15 is 0 Å². The van der Waals surface area contributed by atoms with Crippen molar-refractivity contribution in [2.24, 2.45) is 35.5 Å². The van der Waals surface area contributed by atoms with Crippen LogP contribution < -0.4 is 9.64 Å². The van der Waals surface area contributed by atoms with Crippen LogP contribution in [0.3, 0.4) is 0 Å². The van der Waals surface area contributed by atoms with Gasteiger partial charge in [0.05, 0.1) is 24.6 Å². The highest BCUT2D eigenvalue weighted by Gasteiger charge is 2.67. The molecule has 2 aromatic rings. The lowest BCUT2D eigenvalue weighted by molar-refractivity contribution is -0.124. The summed E-state index contributed by atoms with van der Waals surface area (Å²) >= 11 is 0. The number of aryl methyl sites for hydroxylation is 1. The van der Waals surface area contributed by atoms with Gasteiger partial charge < -0.3 is 4.74 Å². The van der Waals surface area contributed by atoms with Crippen LogP contribution in [0.2, 0.25) is 0 Å². The molecule has 3 fully saturated rings. The van der Waals surface area contributed by atoms with E-state index in [2.05, 4.69) is 12.2 Å². The summed E-state index contributed by atoms with van der Waals surface area (Å²) < 4.78 is 5.13. The van der Waals surface area contributed by atoms with Crippen LogP contribution in [0.15, 0.2) is 60.7 Å². The molecule has 2 amide bonds. The van der Waals surface area contributed by atoms with Crippen LogP contribution in [0.25, 0.3) is 0 Å². The number of Topliss-reactive ketones (excluding diaryl/α,β-unsaturated/α-hetero) is 1. The van der Waals surface area contributed by atoms with E-state index in [1.165, 1.54) is 11.3 Å². The Hall–Kier alpha value is -3.21. The smallest absolute Gasteiger partial charge is 0.238 e. The van der Waals surface area contributed by atoms with Gasteiger partial charge in [-0.15, -0.1) is 0 Å². The van der Waals surface area contributed by atoms with Gasteiger partial charge in [-0.05, 0) is 78.5 Å². The number of hydrogen-bond donors (Lipinski definition) is 0. The number of carbonyl (C=O) groups is 3. The zero-order chi connectivity index (χ0) is 22.0. The van der Waals surface area contributed by atoms with Gasteiger partial charge in [0.2, 0.25) is 11.8 Å². The van der Waals surface area contributed by atoms with Crippen molar-refractivity contribution < 1.29 is 19.1 Å². The first-order valence-corrected chi connectivity index (χ1v) is 11.4. The van der Waals surface area contributed by atoms with E-state index in [0.29, 0.717) is 35.9 Å². The van der Waals surface area contributed by atoms with E-state index in [1.54, 1.807) is 31.4 Å². The first-order valence-electron chi connectivity index (χ1n) is 11.4. The van der Waals surface area contributed by atoms with Gasteiger partial charge in [-0.25, -0.2) is 0 Å². The number of ketones is 1. The van der Waals surface area contributed by atoms with Crippen LogP contribution in [-0.4, -0.2) is 24.7 Å². The number of nitrogens with zero attached hydrogens (tertiary/aromatic N) is 1. The Bertz CT molecular complexity index is 1100. The topological polar surface area (TPSA) is 63.7 Å². The van der Waals surface area contributed by atoms with Crippen molar-refractivity contribution in [2.45, 2.75) is 19.3 Å². The minimum absolute atomic E-state index is 0.0351. The zero-order valence-corrected chi connectivity index (χ0v) is 17.9. The SMILES string of the molecule is COc1ccc(C(=O)CCc2ccc(N3C(=O)C4C(C3=O)C3C=CC4[C@H]4C[C@@H]34)cc2)cc1. The number of benzene rings is 2. The summed E-state index contributed by atoms with van der Waals surface area (Å²) in [6, 6.07) is 14.7. The number of methoxy groups -OCH3 is 1. The van der Waals surface area contributed by atoms with Gasteiger partial charge in [0, 0.05) is 12.0 Å². The fraction of sp³-hybridized carbons (Fsp3) is 0.370. The summed E-state index contributed by atoms with van der Waals surface area (Å²) in [5.74, 6) is 2.06. The summed E-state index contributed by atoms with van der Waals surface area (Å²) in [6.07, 6.45) is 6.56. The van der Waals surface area contributed by atoms with Gasteiger partial charge in [0.1, 0.15) is 5.75 Å². The van der Waals surface area contributed by atoms with Crippen LogP contribution in [0, 0.1) is 35.5 Å². The molecule has 1 aliphatic heterocycles. The molecule has 0 spiro atoms. The molecule has 5 nitrogen and oxygen atoms in total. The Morgan fingerprint density at radius 3 is 2.06 bits per heavy atom. The van der Waals surface area contributed by atoms with E-state index in [9.17, 15) is 14.4 Å². The lowest BCUT2D eigenvalue weighted by Crippen LogP contribution is -2.40. The molecule has 2 aromatic carbocycles. The number of allylic oxidation sites excluding steroid dienone is 2. The van der Waals surface area contributed by atoms with Gasteiger partial charge in [0.25, 0.3) is 0 Å². The zero-order valence-electron chi connectivity index (χ0n) is 17.9. The standard InChI is InChI=1S/C27H25NO4/c1-32-18-9-5-16(6-10-18)23(29)13-4-15-2-7-17(8-3-15)28-26(30)24-19-11-12-20(22-14-21(19)22)25(24)27(28)31/h2-3,5-12,19-22,24-25H,4,13-14H2,1H3/t19?,20?,21-,22+,24?,25?. The maximum Gasteiger partial charge on any atom is 0.238 e. The number of imide groups is 1. The molecular formula is C27H25NO4. The molecule has 1 saturated heterocycles. The van der Waals surface area contributed by atoms with Gasteiger partial charge in [-0.3, -0.25) is 19.3 Å². The molecule has 2 saturated carbocycles. The second-order valence-electron chi connectivity index (χ2n) is 9.48. The monoisotopic (exact) mass is 427 g/mol. The Morgan fingerprint density at radius 1 is 0.906 bits per heavy atom. The average Bonchev–Trinajstić information content (AvgIpc) is 3.61. The quantitative estimate of drug-likeness (QED) is 0.396. The molecule has 5 aliphatic rings. The Balaban J connectivity index is 1.14. The molecule has 0 aromatic heterocycles. The first-order chi connectivity index (χ1) is 15.6. The van der Waals surface area contributed by atoms with Crippen molar-refractivity contribution in [3.63, 3.8) is 0 Å². The number of anilines is 1. The molecule has 4 unspecified atom stereocenters. The van der Waals surface area contributed by atoms with Crippen LogP contribution in [0.4, 0.5) is 5.69 Å². The minimum Gasteiger partial charge on any atom is -0.497 e. The second-order valence-corrected chi connectivity index (χ2v) is 9.48. The average molecular weight is 428 g/mol. The molecule has 2 bridgehead atoms. The third-order valence-electron chi connectivity index (χ3n) is 7.91. The molecule has 0 radical (unpaired) electrons. The molecule has 32 heavy (non-hydrogen) atoms. The maximum absolute atomic E-state index is 13.2. The van der Waals surface area contributed by atoms with E-state index < -0.39 is 0 Å². The summed E-state index contributed by atoms with van der Waals surface area (Å²) in [5.41, 5.74) is 2.32. The normalized spacial score (nSPS) is 31.5. The minimum atomic E-state index is -0.178. The molecule has 6 atom stereocenters. The Kier molecular flexibility index (Phi) is 4.36. The Morgan fingerprint density at radius 2 is 1.50 bits per heavy atom. The molecule has 7 rings (SSSR count). The number of amides is 2. The summed E-state index contributed by atoms with van der Waals surface area (Å²) in [5, 5.41) is 0. The second kappa shape index (κ2) is 7.16. The van der Waals surface area contributed by atoms with Crippen molar-refractivity contribution >= 4 is 23.3 Å². The highest BCUT2D eigenvalue weighted by molar-refractivity contribution is 6.22. The summed E-state index contributed by atoms with van der Waals surface area (Å²) in [7, 11) is 1.60. The fourth-order valence-corrected chi connectivity index (χ4v) is 6.20. The van der Waals surface area contributed by atoms with Crippen LogP contribution in [0.5, 0.6) is 5.75 Å². The van der Waals surface area contributed by atoms with Gasteiger partial charge in [-0.2, -0.15) is 0 Å². The lowest BCUT2D eigenvalue weighted by atomic mass is 9.63. The van der Waals surface area contributed by atoms with Crippen molar-refractivity contribution in [3.8, 4) is 5.75 Å². The highest BCUT2D eigenvalue weighted by atomic mass is 16.5. The number of hydrogen-bond acceptors (Lipinski definition) is 4. The third-order valence-corrected chi connectivity index (χ3v) is 7.91. The molecule has 162 valence electrons. The summed E-state index contributed by atoms with van der Waals surface area (Å²) in [6.45, 7) is 0. The van der Waals surface area contributed by atoms with E-state index in [4.69, 9.17) is 4.74 Å². The van der Waals surface area contributed by atoms with Crippen LogP contribution >= 0.6 is 0 Å². The van der Waals surface area contributed by atoms with Crippen LogP contribution in [0.1, 0.15) is 28.8 Å². The van der Waals surface area contributed by atoms with Gasteiger partial charge in [-0.1, -0.05) is 24.3 Å². The fourth-order valence-electron chi connectivity index (χ4n) is 6.20.